The second-order valence-corrected chi connectivity index (χ2v) is 8.36. The van der Waals surface area contributed by atoms with E-state index >= 15 is 0 Å². The number of carbonyl (C=O) groups is 1. The molecular formula is C20H29NO4S. The zero-order chi connectivity index (χ0) is 18.4. The number of aliphatic hydroxyl groups excluding tert-OH is 1. The molecule has 2 atom stereocenters. The Morgan fingerprint density at radius 3 is 2.62 bits per heavy atom. The predicted molar refractivity (Wildman–Crippen MR) is 102 cm³/mol. The van der Waals surface area contributed by atoms with Crippen LogP contribution in [0.2, 0.25) is 0 Å². The molecule has 26 heavy (non-hydrogen) atoms. The quantitative estimate of drug-likeness (QED) is 0.601. The molecule has 1 saturated carbocycles. The van der Waals surface area contributed by atoms with Crippen molar-refractivity contribution in [1.82, 2.24) is 4.31 Å². The van der Waals surface area contributed by atoms with E-state index in [1.165, 1.54) is 51.2 Å². The number of rotatable bonds is 6. The molecule has 0 aromatic heterocycles. The van der Waals surface area contributed by atoms with Crippen molar-refractivity contribution in [2.75, 3.05) is 20.3 Å². The molecule has 1 unspecified atom stereocenters. The second-order valence-electron chi connectivity index (χ2n) is 7.24. The highest BCUT2D eigenvalue weighted by atomic mass is 32.2. The summed E-state index contributed by atoms with van der Waals surface area (Å²) in [7, 11) is 1.39. The Morgan fingerprint density at radius 2 is 1.92 bits per heavy atom. The summed E-state index contributed by atoms with van der Waals surface area (Å²) in [5.74, 6) is 1.31. The lowest BCUT2D eigenvalue weighted by molar-refractivity contribution is -0.147. The molecule has 1 aromatic carbocycles. The van der Waals surface area contributed by atoms with Crippen LogP contribution in [0.4, 0.5) is 0 Å². The van der Waals surface area contributed by atoms with Crippen LogP contribution in [-0.4, -0.2) is 47.8 Å². The van der Waals surface area contributed by atoms with Gasteiger partial charge in [0.05, 0.1) is 19.8 Å². The first-order valence-corrected chi connectivity index (χ1v) is 10.4. The van der Waals surface area contributed by atoms with E-state index < -0.39 is 12.1 Å². The van der Waals surface area contributed by atoms with Crippen LogP contribution in [-0.2, 0) is 9.53 Å². The fourth-order valence-corrected chi connectivity index (χ4v) is 4.71. The van der Waals surface area contributed by atoms with Crippen molar-refractivity contribution >= 4 is 17.9 Å². The van der Waals surface area contributed by atoms with E-state index in [4.69, 9.17) is 9.47 Å². The van der Waals surface area contributed by atoms with E-state index in [0.717, 1.165) is 17.3 Å². The van der Waals surface area contributed by atoms with Crippen molar-refractivity contribution in [1.29, 1.82) is 0 Å². The van der Waals surface area contributed by atoms with Crippen LogP contribution < -0.4 is 4.74 Å². The molecule has 2 aliphatic rings. The highest BCUT2D eigenvalue weighted by molar-refractivity contribution is 7.97. The first-order valence-electron chi connectivity index (χ1n) is 9.59. The molecule has 3 rings (SSSR count). The number of aliphatic hydroxyl groups is 1. The monoisotopic (exact) mass is 379 g/mol. The van der Waals surface area contributed by atoms with Gasteiger partial charge in [0.1, 0.15) is 11.8 Å². The number of nitrogens with zero attached hydrogens (tertiary/aromatic N) is 1. The van der Waals surface area contributed by atoms with Crippen LogP contribution in [0.25, 0.3) is 0 Å². The van der Waals surface area contributed by atoms with Crippen molar-refractivity contribution in [3.05, 3.63) is 24.3 Å². The van der Waals surface area contributed by atoms with Crippen LogP contribution in [0.5, 0.6) is 5.75 Å². The van der Waals surface area contributed by atoms with Gasteiger partial charge in [-0.15, -0.1) is 0 Å². The number of hydrogen-bond acceptors (Lipinski definition) is 6. The van der Waals surface area contributed by atoms with Gasteiger partial charge in [-0.05, 0) is 61.4 Å². The van der Waals surface area contributed by atoms with Crippen LogP contribution in [0.1, 0.15) is 44.9 Å². The van der Waals surface area contributed by atoms with E-state index in [1.54, 1.807) is 0 Å². The molecule has 1 saturated heterocycles. The molecule has 1 aliphatic carbocycles. The maximum Gasteiger partial charge on any atom is 0.324 e. The molecule has 0 spiro atoms. The SMILES string of the molecule is COC(=O)C1C[C@H](O)CCN1Sc1ccc(OCC2CCCCC2)cc1. The van der Waals surface area contributed by atoms with Gasteiger partial charge in [-0.2, -0.15) is 0 Å². The summed E-state index contributed by atoms with van der Waals surface area (Å²) in [6.45, 7) is 1.46. The summed E-state index contributed by atoms with van der Waals surface area (Å²) in [6, 6.07) is 7.64. The minimum absolute atomic E-state index is 0.288. The number of hydrogen-bond donors (Lipinski definition) is 1. The van der Waals surface area contributed by atoms with Crippen molar-refractivity contribution in [2.45, 2.75) is 62.0 Å². The van der Waals surface area contributed by atoms with Crippen molar-refractivity contribution in [3.8, 4) is 5.75 Å². The van der Waals surface area contributed by atoms with Gasteiger partial charge in [0, 0.05) is 17.9 Å². The van der Waals surface area contributed by atoms with Gasteiger partial charge in [-0.3, -0.25) is 4.79 Å². The average molecular weight is 380 g/mol. The molecule has 5 nitrogen and oxygen atoms in total. The Balaban J connectivity index is 1.53. The molecule has 6 heteroatoms. The molecule has 144 valence electrons. The molecule has 0 bridgehead atoms. The zero-order valence-electron chi connectivity index (χ0n) is 15.4. The number of benzene rings is 1. The van der Waals surface area contributed by atoms with E-state index in [1.807, 2.05) is 28.6 Å². The van der Waals surface area contributed by atoms with E-state index in [-0.39, 0.29) is 5.97 Å². The fourth-order valence-electron chi connectivity index (χ4n) is 3.68. The van der Waals surface area contributed by atoms with Gasteiger partial charge >= 0.3 is 5.97 Å². The Morgan fingerprint density at radius 1 is 1.19 bits per heavy atom. The van der Waals surface area contributed by atoms with Crippen LogP contribution in [0.15, 0.2) is 29.2 Å². The van der Waals surface area contributed by atoms with E-state index in [9.17, 15) is 9.90 Å². The molecule has 1 aromatic rings. The Bertz CT molecular complexity index is 574. The number of piperidine rings is 1. The number of carbonyl (C=O) groups excluding carboxylic acids is 1. The first kappa shape index (κ1) is 19.5. The minimum atomic E-state index is -0.438. The third-order valence-corrected chi connectivity index (χ3v) is 6.41. The van der Waals surface area contributed by atoms with Crippen molar-refractivity contribution < 1.29 is 19.4 Å². The highest BCUT2D eigenvalue weighted by Gasteiger charge is 2.34. The zero-order valence-corrected chi connectivity index (χ0v) is 16.2. The molecule has 0 radical (unpaired) electrons. The third-order valence-electron chi connectivity index (χ3n) is 5.26. The highest BCUT2D eigenvalue weighted by Crippen LogP contribution is 2.32. The van der Waals surface area contributed by atoms with E-state index in [0.29, 0.717) is 25.3 Å². The predicted octanol–water partition coefficient (Wildman–Crippen LogP) is 3.65. The van der Waals surface area contributed by atoms with Gasteiger partial charge in [-0.25, -0.2) is 4.31 Å². The Labute approximate surface area is 160 Å². The Hall–Kier alpha value is -1.24. The molecule has 2 fully saturated rings. The maximum atomic E-state index is 12.0. The van der Waals surface area contributed by atoms with Crippen LogP contribution in [0.3, 0.4) is 0 Å². The van der Waals surface area contributed by atoms with Gasteiger partial charge < -0.3 is 14.6 Å². The van der Waals surface area contributed by atoms with E-state index in [2.05, 4.69) is 0 Å². The molecule has 1 heterocycles. The lowest BCUT2D eigenvalue weighted by atomic mass is 9.90. The van der Waals surface area contributed by atoms with Gasteiger partial charge in [0.2, 0.25) is 0 Å². The second kappa shape index (κ2) is 9.62. The summed E-state index contributed by atoms with van der Waals surface area (Å²) in [4.78, 5) is 13.1. The maximum absolute atomic E-state index is 12.0. The summed E-state index contributed by atoms with van der Waals surface area (Å²) < 4.78 is 12.9. The number of methoxy groups -OCH3 is 1. The fraction of sp³-hybridized carbons (Fsp3) is 0.650. The minimum Gasteiger partial charge on any atom is -0.493 e. The first-order chi connectivity index (χ1) is 12.7. The normalized spacial score (nSPS) is 25.0. The van der Waals surface area contributed by atoms with Gasteiger partial charge in [-0.1, -0.05) is 19.3 Å². The molecule has 0 amide bonds. The molecular weight excluding hydrogens is 350 g/mol. The van der Waals surface area contributed by atoms with Gasteiger partial charge in [0.25, 0.3) is 0 Å². The Kier molecular flexibility index (Phi) is 7.23. The average Bonchev–Trinajstić information content (AvgIpc) is 2.69. The van der Waals surface area contributed by atoms with Crippen molar-refractivity contribution in [2.24, 2.45) is 5.92 Å². The number of ether oxygens (including phenoxy) is 2. The lowest BCUT2D eigenvalue weighted by Crippen LogP contribution is -2.45. The van der Waals surface area contributed by atoms with Gasteiger partial charge in [0.15, 0.2) is 0 Å². The largest absolute Gasteiger partial charge is 0.493 e. The van der Waals surface area contributed by atoms with Crippen LogP contribution >= 0.6 is 11.9 Å². The summed E-state index contributed by atoms with van der Waals surface area (Å²) >= 11 is 1.54. The number of esters is 1. The van der Waals surface area contributed by atoms with Crippen LogP contribution in [0, 0.1) is 5.92 Å². The smallest absolute Gasteiger partial charge is 0.324 e. The topological polar surface area (TPSA) is 59.0 Å². The third kappa shape index (κ3) is 5.38. The summed E-state index contributed by atoms with van der Waals surface area (Å²) in [6.07, 6.45) is 7.23. The van der Waals surface area contributed by atoms with Crippen molar-refractivity contribution in [3.63, 3.8) is 0 Å². The summed E-state index contributed by atoms with van der Waals surface area (Å²) in [5, 5.41) is 9.85. The lowest BCUT2D eigenvalue weighted by Gasteiger charge is -2.34. The molecule has 1 N–H and O–H groups in total. The summed E-state index contributed by atoms with van der Waals surface area (Å²) in [5.41, 5.74) is 0. The molecule has 1 aliphatic heterocycles. The standard InChI is InChI=1S/C20H29NO4S/c1-24-20(23)19-13-16(22)11-12-21(19)26-18-9-7-17(8-10-18)25-14-15-5-3-2-4-6-15/h7-10,15-16,19,22H,2-6,11-14H2,1H3/t16-,19?/m1/s1.